The molecule has 0 heterocycles. The van der Waals surface area contributed by atoms with Crippen LogP contribution in [0.5, 0.6) is 11.5 Å². The molecule has 2 aromatic carbocycles. The van der Waals surface area contributed by atoms with E-state index in [4.69, 9.17) is 9.84 Å². The SMILES string of the molecule is CCCC(C1C=CC(C(=O)NCCC(=O)O)=CC1)C(NC(=O)c1ccc(C(F)(F)F)cc1OC)c1ccc(OC(F)(F)F)cc1. The van der Waals surface area contributed by atoms with Gasteiger partial charge in [0.15, 0.2) is 0 Å². The van der Waals surface area contributed by atoms with Crippen LogP contribution in [0, 0.1) is 11.8 Å². The van der Waals surface area contributed by atoms with Crippen LogP contribution in [0.4, 0.5) is 26.3 Å². The Balaban J connectivity index is 1.94. The minimum absolute atomic E-state index is 0.0587. The van der Waals surface area contributed by atoms with Crippen molar-refractivity contribution in [3.05, 3.63) is 83.0 Å². The molecule has 0 bridgehead atoms. The van der Waals surface area contributed by atoms with Gasteiger partial charge < -0.3 is 25.2 Å². The number of carbonyl (C=O) groups excluding carboxylic acids is 2. The Bertz CT molecular complexity index is 1420. The van der Waals surface area contributed by atoms with E-state index in [0.717, 1.165) is 31.4 Å². The van der Waals surface area contributed by atoms with Gasteiger partial charge in [0.2, 0.25) is 0 Å². The molecule has 0 spiro atoms. The molecule has 0 aliphatic heterocycles. The van der Waals surface area contributed by atoms with Gasteiger partial charge in [0.1, 0.15) is 11.5 Å². The number of methoxy groups -OCH3 is 1. The number of ether oxygens (including phenoxy) is 2. The number of amides is 2. The van der Waals surface area contributed by atoms with Gasteiger partial charge in [-0.25, -0.2) is 0 Å². The summed E-state index contributed by atoms with van der Waals surface area (Å²) in [6, 6.07) is 6.52. The molecule has 45 heavy (non-hydrogen) atoms. The highest BCUT2D eigenvalue weighted by molar-refractivity contribution is 5.97. The van der Waals surface area contributed by atoms with Crippen LogP contribution in [0.1, 0.15) is 60.1 Å². The molecule has 244 valence electrons. The van der Waals surface area contributed by atoms with Crippen molar-refractivity contribution in [2.24, 2.45) is 11.8 Å². The summed E-state index contributed by atoms with van der Waals surface area (Å²) in [6.45, 7) is 1.84. The number of benzene rings is 2. The lowest BCUT2D eigenvalue weighted by atomic mass is 9.76. The number of alkyl halides is 6. The zero-order valence-corrected chi connectivity index (χ0v) is 24.3. The average molecular weight is 643 g/mol. The summed E-state index contributed by atoms with van der Waals surface area (Å²) in [7, 11) is 1.12. The molecule has 2 aromatic rings. The second-order valence-corrected chi connectivity index (χ2v) is 10.3. The predicted molar refractivity (Wildman–Crippen MR) is 150 cm³/mol. The third kappa shape index (κ3) is 10.0. The number of hydrogen-bond acceptors (Lipinski definition) is 5. The van der Waals surface area contributed by atoms with Crippen LogP contribution >= 0.6 is 0 Å². The predicted octanol–water partition coefficient (Wildman–Crippen LogP) is 6.59. The number of carbonyl (C=O) groups is 3. The van der Waals surface area contributed by atoms with Crippen LogP contribution in [0.3, 0.4) is 0 Å². The van der Waals surface area contributed by atoms with Crippen LogP contribution in [0.2, 0.25) is 0 Å². The van der Waals surface area contributed by atoms with Gasteiger partial charge in [-0.15, -0.1) is 13.2 Å². The number of rotatable bonds is 13. The molecular formula is C31H32F6N2O6. The second kappa shape index (κ2) is 15.0. The molecule has 1 aliphatic rings. The van der Waals surface area contributed by atoms with E-state index in [1.807, 2.05) is 6.92 Å². The quantitative estimate of drug-likeness (QED) is 0.213. The molecule has 0 saturated heterocycles. The zero-order valence-electron chi connectivity index (χ0n) is 24.3. The minimum Gasteiger partial charge on any atom is -0.496 e. The highest BCUT2D eigenvalue weighted by Crippen LogP contribution is 2.39. The van der Waals surface area contributed by atoms with E-state index in [2.05, 4.69) is 15.4 Å². The highest BCUT2D eigenvalue weighted by Gasteiger charge is 2.35. The number of halogens is 6. The van der Waals surface area contributed by atoms with Crippen molar-refractivity contribution in [2.45, 2.75) is 51.2 Å². The molecule has 3 unspecified atom stereocenters. The number of carboxylic acids is 1. The number of aliphatic carboxylic acids is 1. The molecule has 14 heteroatoms. The monoisotopic (exact) mass is 642 g/mol. The van der Waals surface area contributed by atoms with Crippen LogP contribution in [0.15, 0.2) is 66.3 Å². The molecular weight excluding hydrogens is 610 g/mol. The first-order valence-corrected chi connectivity index (χ1v) is 13.9. The number of hydrogen-bond donors (Lipinski definition) is 3. The van der Waals surface area contributed by atoms with Gasteiger partial charge in [-0.3, -0.25) is 14.4 Å². The standard InChI is InChI=1S/C31H32F6N2O6/c1-3-4-23(18-5-7-20(8-6-18)28(42)38-16-15-26(40)41)27(19-9-12-22(13-10-19)45-31(35,36)37)39-29(43)24-14-11-21(30(32,33)34)17-25(24)44-2/h5,7-14,17-18,23,27H,3-4,6,15-16H2,1-2H3,(H,38,42)(H,39,43)(H,40,41). The van der Waals surface area contributed by atoms with Crippen molar-refractivity contribution in [1.82, 2.24) is 10.6 Å². The van der Waals surface area contributed by atoms with E-state index in [1.165, 1.54) is 12.1 Å². The van der Waals surface area contributed by atoms with Crippen LogP contribution < -0.4 is 20.1 Å². The first-order chi connectivity index (χ1) is 21.1. The first kappa shape index (κ1) is 35.0. The maximum Gasteiger partial charge on any atom is 0.573 e. The number of carboxylic acid groups (broad SMARTS) is 1. The molecule has 0 aromatic heterocycles. The lowest BCUT2D eigenvalue weighted by Gasteiger charge is -2.34. The smallest absolute Gasteiger partial charge is 0.496 e. The summed E-state index contributed by atoms with van der Waals surface area (Å²) in [4.78, 5) is 36.7. The molecule has 2 amide bonds. The van der Waals surface area contributed by atoms with E-state index in [-0.39, 0.29) is 36.1 Å². The summed E-state index contributed by atoms with van der Waals surface area (Å²) in [5, 5.41) is 14.2. The van der Waals surface area contributed by atoms with E-state index in [0.29, 0.717) is 36.5 Å². The second-order valence-electron chi connectivity index (χ2n) is 10.3. The summed E-state index contributed by atoms with van der Waals surface area (Å²) < 4.78 is 87.2. The van der Waals surface area contributed by atoms with Crippen LogP contribution in [0.25, 0.3) is 0 Å². The van der Waals surface area contributed by atoms with E-state index < -0.39 is 47.7 Å². The lowest BCUT2D eigenvalue weighted by Crippen LogP contribution is -2.37. The normalized spacial score (nSPS) is 16.3. The molecule has 3 N–H and O–H groups in total. The van der Waals surface area contributed by atoms with Gasteiger partial charge in [0, 0.05) is 12.1 Å². The van der Waals surface area contributed by atoms with E-state index >= 15 is 0 Å². The molecule has 0 radical (unpaired) electrons. The van der Waals surface area contributed by atoms with Crippen molar-refractivity contribution in [3.63, 3.8) is 0 Å². The summed E-state index contributed by atoms with van der Waals surface area (Å²) >= 11 is 0. The fraction of sp³-hybridized carbons (Fsp3) is 0.387. The molecule has 8 nitrogen and oxygen atoms in total. The lowest BCUT2D eigenvalue weighted by molar-refractivity contribution is -0.274. The average Bonchev–Trinajstić information content (AvgIpc) is 2.97. The highest BCUT2D eigenvalue weighted by atomic mass is 19.4. The Morgan fingerprint density at radius 1 is 1.02 bits per heavy atom. The summed E-state index contributed by atoms with van der Waals surface area (Å²) in [5.74, 6) is -3.74. The fourth-order valence-electron chi connectivity index (χ4n) is 5.06. The maximum atomic E-state index is 13.5. The summed E-state index contributed by atoms with van der Waals surface area (Å²) in [5.41, 5.74) is -0.465. The molecule has 0 saturated carbocycles. The fourth-order valence-corrected chi connectivity index (χ4v) is 5.06. The number of allylic oxidation sites excluding steroid dienone is 2. The zero-order chi connectivity index (χ0) is 33.4. The molecule has 0 fully saturated rings. The Morgan fingerprint density at radius 3 is 2.24 bits per heavy atom. The summed E-state index contributed by atoms with van der Waals surface area (Å²) in [6.07, 6.45) is -3.35. The Kier molecular flexibility index (Phi) is 11.7. The van der Waals surface area contributed by atoms with Gasteiger partial charge in [0.05, 0.1) is 30.7 Å². The maximum absolute atomic E-state index is 13.5. The van der Waals surface area contributed by atoms with E-state index in [1.54, 1.807) is 18.2 Å². The van der Waals surface area contributed by atoms with Crippen LogP contribution in [-0.4, -0.2) is 42.9 Å². The van der Waals surface area contributed by atoms with Gasteiger partial charge in [0.25, 0.3) is 11.8 Å². The van der Waals surface area contributed by atoms with Gasteiger partial charge in [-0.2, -0.15) is 13.2 Å². The van der Waals surface area contributed by atoms with Gasteiger partial charge in [-0.1, -0.05) is 43.7 Å². The number of nitrogens with one attached hydrogen (secondary N) is 2. The minimum atomic E-state index is -4.92. The Hall–Kier alpha value is -4.49. The molecule has 3 atom stereocenters. The van der Waals surface area contributed by atoms with Crippen molar-refractivity contribution >= 4 is 17.8 Å². The Labute approximate surface area is 255 Å². The largest absolute Gasteiger partial charge is 0.573 e. The first-order valence-electron chi connectivity index (χ1n) is 13.9. The Morgan fingerprint density at radius 2 is 1.71 bits per heavy atom. The van der Waals surface area contributed by atoms with E-state index in [9.17, 15) is 40.7 Å². The third-order valence-corrected chi connectivity index (χ3v) is 7.15. The molecule has 3 rings (SSSR count). The van der Waals surface area contributed by atoms with Crippen molar-refractivity contribution in [2.75, 3.05) is 13.7 Å². The van der Waals surface area contributed by atoms with Crippen LogP contribution in [-0.2, 0) is 15.8 Å². The third-order valence-electron chi connectivity index (χ3n) is 7.15. The topological polar surface area (TPSA) is 114 Å². The van der Waals surface area contributed by atoms with Crippen molar-refractivity contribution < 1.29 is 55.3 Å². The van der Waals surface area contributed by atoms with Gasteiger partial charge >= 0.3 is 18.5 Å². The van der Waals surface area contributed by atoms with Crippen molar-refractivity contribution in [1.29, 1.82) is 0 Å². The van der Waals surface area contributed by atoms with Crippen molar-refractivity contribution in [3.8, 4) is 11.5 Å². The molecule has 1 aliphatic carbocycles. The van der Waals surface area contributed by atoms with Gasteiger partial charge in [-0.05, 0) is 60.6 Å².